The fourth-order valence-electron chi connectivity index (χ4n) is 3.49. The zero-order chi connectivity index (χ0) is 20.2. The van der Waals surface area contributed by atoms with Crippen LogP contribution in [0.15, 0.2) is 84.0 Å². The van der Waals surface area contributed by atoms with Crippen molar-refractivity contribution >= 4 is 11.7 Å². The maximum absolute atomic E-state index is 12.4. The third kappa shape index (κ3) is 4.37. The van der Waals surface area contributed by atoms with Gasteiger partial charge in [0, 0.05) is 5.92 Å². The first-order valence-corrected chi connectivity index (χ1v) is 9.71. The van der Waals surface area contributed by atoms with E-state index in [4.69, 9.17) is 9.57 Å². The van der Waals surface area contributed by atoms with Crippen molar-refractivity contribution < 1.29 is 14.4 Å². The van der Waals surface area contributed by atoms with Gasteiger partial charge >= 0.3 is 5.97 Å². The van der Waals surface area contributed by atoms with Crippen molar-refractivity contribution in [1.29, 1.82) is 0 Å². The average molecular weight is 385 g/mol. The van der Waals surface area contributed by atoms with Gasteiger partial charge in [0.25, 0.3) is 0 Å². The zero-order valence-electron chi connectivity index (χ0n) is 16.5. The summed E-state index contributed by atoms with van der Waals surface area (Å²) in [5.41, 5.74) is 4.62. The number of nitrogens with zero attached hydrogens (tertiary/aromatic N) is 1. The van der Waals surface area contributed by atoms with Crippen molar-refractivity contribution in [2.45, 2.75) is 19.3 Å². The maximum Gasteiger partial charge on any atom is 0.365 e. The van der Waals surface area contributed by atoms with Crippen LogP contribution in [0, 0.1) is 12.8 Å². The van der Waals surface area contributed by atoms with Gasteiger partial charge in [-0.25, -0.2) is 4.79 Å². The number of carbonyl (C=O) groups is 1. The van der Waals surface area contributed by atoms with Gasteiger partial charge in [0.05, 0.1) is 18.4 Å². The summed E-state index contributed by atoms with van der Waals surface area (Å²) in [4.78, 5) is 17.7. The van der Waals surface area contributed by atoms with Crippen molar-refractivity contribution in [3.05, 3.63) is 101 Å². The smallest absolute Gasteiger partial charge is 0.365 e. The molecule has 0 N–H and O–H groups in total. The number of ether oxygens (including phenoxy) is 1. The van der Waals surface area contributed by atoms with E-state index in [1.165, 1.54) is 5.56 Å². The third-order valence-corrected chi connectivity index (χ3v) is 5.27. The van der Waals surface area contributed by atoms with Crippen molar-refractivity contribution in [1.82, 2.24) is 0 Å². The third-order valence-electron chi connectivity index (χ3n) is 5.27. The lowest BCUT2D eigenvalue weighted by atomic mass is 10.0. The lowest BCUT2D eigenvalue weighted by Crippen LogP contribution is -2.09. The first-order chi connectivity index (χ1) is 14.2. The van der Waals surface area contributed by atoms with Gasteiger partial charge in [-0.05, 0) is 54.7 Å². The number of benzene rings is 3. The topological polar surface area (TPSA) is 47.9 Å². The molecule has 0 bridgehead atoms. The molecule has 29 heavy (non-hydrogen) atoms. The molecule has 1 aliphatic carbocycles. The van der Waals surface area contributed by atoms with E-state index in [0.29, 0.717) is 11.5 Å². The van der Waals surface area contributed by atoms with E-state index in [1.807, 2.05) is 61.5 Å². The molecule has 1 aliphatic rings. The van der Waals surface area contributed by atoms with Crippen LogP contribution in [0.1, 0.15) is 39.4 Å². The molecule has 4 rings (SSSR count). The van der Waals surface area contributed by atoms with Crippen LogP contribution < -0.4 is 4.74 Å². The molecule has 4 heteroatoms. The quantitative estimate of drug-likeness (QED) is 0.326. The highest BCUT2D eigenvalue weighted by Crippen LogP contribution is 2.49. The molecule has 0 heterocycles. The molecule has 3 aromatic carbocycles. The first kappa shape index (κ1) is 18.9. The molecule has 1 saturated carbocycles. The average Bonchev–Trinajstić information content (AvgIpc) is 3.55. The standard InChI is InChI=1S/C25H23NO3/c1-17-8-10-20(11-9-17)25(27)29-26-24(19-6-4-3-5-7-19)23-16-22(23)18-12-14-21(28-2)15-13-18/h3-15,22-23H,16H2,1-2H3. The molecule has 0 radical (unpaired) electrons. The van der Waals surface area contributed by atoms with E-state index in [-0.39, 0.29) is 5.92 Å². The molecule has 2 atom stereocenters. The highest BCUT2D eigenvalue weighted by molar-refractivity contribution is 6.04. The summed E-state index contributed by atoms with van der Waals surface area (Å²) in [6.45, 7) is 1.98. The SMILES string of the molecule is COc1ccc(C2CC2C(=NOC(=O)c2ccc(C)cc2)c2ccccc2)cc1. The molecule has 3 aromatic rings. The molecule has 0 aromatic heterocycles. The predicted octanol–water partition coefficient (Wildman–Crippen LogP) is 5.37. The number of hydrogen-bond donors (Lipinski definition) is 0. The van der Waals surface area contributed by atoms with E-state index in [0.717, 1.165) is 29.0 Å². The van der Waals surface area contributed by atoms with E-state index in [9.17, 15) is 4.79 Å². The van der Waals surface area contributed by atoms with E-state index < -0.39 is 5.97 Å². The molecule has 0 spiro atoms. The Hall–Kier alpha value is -3.40. The monoisotopic (exact) mass is 385 g/mol. The number of aryl methyl sites for hydroxylation is 1. The van der Waals surface area contributed by atoms with Crippen molar-refractivity contribution in [3.8, 4) is 5.75 Å². The Bertz CT molecular complexity index is 1010. The van der Waals surface area contributed by atoms with Gasteiger partial charge in [-0.2, -0.15) is 0 Å². The summed E-state index contributed by atoms with van der Waals surface area (Å²) in [6.07, 6.45) is 0.974. The number of hydrogen-bond acceptors (Lipinski definition) is 4. The van der Waals surface area contributed by atoms with Crippen LogP contribution in [0.5, 0.6) is 5.75 Å². The summed E-state index contributed by atoms with van der Waals surface area (Å²) in [5, 5.41) is 4.31. The van der Waals surface area contributed by atoms with Crippen LogP contribution in [0.3, 0.4) is 0 Å². The van der Waals surface area contributed by atoms with E-state index in [2.05, 4.69) is 17.3 Å². The van der Waals surface area contributed by atoms with Gasteiger partial charge in [0.2, 0.25) is 0 Å². The van der Waals surface area contributed by atoms with Gasteiger partial charge in [0.1, 0.15) is 5.75 Å². The fraction of sp³-hybridized carbons (Fsp3) is 0.200. The Kier molecular flexibility index (Phi) is 5.43. The summed E-state index contributed by atoms with van der Waals surface area (Å²) in [7, 11) is 1.66. The lowest BCUT2D eigenvalue weighted by Gasteiger charge is -2.07. The molecule has 1 fully saturated rings. The molecular formula is C25H23NO3. The second kappa shape index (κ2) is 8.31. The van der Waals surface area contributed by atoms with Crippen LogP contribution in [-0.4, -0.2) is 18.8 Å². The molecule has 2 unspecified atom stereocenters. The van der Waals surface area contributed by atoms with Crippen LogP contribution in [-0.2, 0) is 4.84 Å². The van der Waals surface area contributed by atoms with Crippen LogP contribution in [0.4, 0.5) is 0 Å². The second-order valence-corrected chi connectivity index (χ2v) is 7.31. The summed E-state index contributed by atoms with van der Waals surface area (Å²) in [5.74, 6) is 0.976. The highest BCUT2D eigenvalue weighted by atomic mass is 16.7. The Morgan fingerprint density at radius 1 is 0.897 bits per heavy atom. The molecule has 0 amide bonds. The minimum atomic E-state index is -0.444. The predicted molar refractivity (Wildman–Crippen MR) is 113 cm³/mol. The lowest BCUT2D eigenvalue weighted by molar-refractivity contribution is 0.0515. The Labute approximate surface area is 170 Å². The van der Waals surface area contributed by atoms with Crippen molar-refractivity contribution in [3.63, 3.8) is 0 Å². The molecule has 0 saturated heterocycles. The number of oxime groups is 1. The highest BCUT2D eigenvalue weighted by Gasteiger charge is 2.43. The number of carbonyl (C=O) groups excluding carboxylic acids is 1. The van der Waals surface area contributed by atoms with Gasteiger partial charge < -0.3 is 9.57 Å². The second-order valence-electron chi connectivity index (χ2n) is 7.31. The Morgan fingerprint density at radius 3 is 2.24 bits per heavy atom. The number of methoxy groups -OCH3 is 1. The van der Waals surface area contributed by atoms with Crippen molar-refractivity contribution in [2.24, 2.45) is 11.1 Å². The normalized spacial score (nSPS) is 18.2. The number of rotatable bonds is 6. The zero-order valence-corrected chi connectivity index (χ0v) is 16.5. The molecule has 146 valence electrons. The van der Waals surface area contributed by atoms with Crippen LogP contribution in [0.2, 0.25) is 0 Å². The van der Waals surface area contributed by atoms with Crippen molar-refractivity contribution in [2.75, 3.05) is 7.11 Å². The largest absolute Gasteiger partial charge is 0.497 e. The molecule has 0 aliphatic heterocycles. The van der Waals surface area contributed by atoms with Gasteiger partial charge in [-0.15, -0.1) is 0 Å². The molecular weight excluding hydrogens is 362 g/mol. The minimum absolute atomic E-state index is 0.219. The van der Waals surface area contributed by atoms with Gasteiger partial charge in [-0.3, -0.25) is 0 Å². The first-order valence-electron chi connectivity index (χ1n) is 9.71. The summed E-state index contributed by atoms with van der Waals surface area (Å²) < 4.78 is 5.25. The minimum Gasteiger partial charge on any atom is -0.497 e. The van der Waals surface area contributed by atoms with Crippen LogP contribution >= 0.6 is 0 Å². The fourth-order valence-corrected chi connectivity index (χ4v) is 3.49. The van der Waals surface area contributed by atoms with E-state index in [1.54, 1.807) is 19.2 Å². The van der Waals surface area contributed by atoms with Gasteiger partial charge in [0.15, 0.2) is 0 Å². The van der Waals surface area contributed by atoms with Crippen LogP contribution in [0.25, 0.3) is 0 Å². The maximum atomic E-state index is 12.4. The summed E-state index contributed by atoms with van der Waals surface area (Å²) in [6, 6.07) is 25.3. The molecule has 4 nitrogen and oxygen atoms in total. The van der Waals surface area contributed by atoms with Gasteiger partial charge in [-0.1, -0.05) is 65.3 Å². The Balaban J connectivity index is 1.55. The van der Waals surface area contributed by atoms with E-state index >= 15 is 0 Å². The Morgan fingerprint density at radius 2 is 1.59 bits per heavy atom. The summed E-state index contributed by atoms with van der Waals surface area (Å²) >= 11 is 0.